The first-order valence-corrected chi connectivity index (χ1v) is 14.5. The molecule has 6 nitrogen and oxygen atoms in total. The van der Waals surface area contributed by atoms with Gasteiger partial charge in [0.25, 0.3) is 5.91 Å². The van der Waals surface area contributed by atoms with Crippen molar-refractivity contribution in [3.8, 4) is 28.0 Å². The first-order valence-electron chi connectivity index (χ1n) is 13.1. The van der Waals surface area contributed by atoms with Crippen LogP contribution in [0.15, 0.2) is 85.2 Å². The Kier molecular flexibility index (Phi) is 9.97. The van der Waals surface area contributed by atoms with Crippen molar-refractivity contribution >= 4 is 23.6 Å². The van der Waals surface area contributed by atoms with Gasteiger partial charge in [-0.25, -0.2) is 4.79 Å². The topological polar surface area (TPSA) is 77.5 Å². The Morgan fingerprint density at radius 3 is 2.40 bits per heavy atom. The molecule has 0 aliphatic rings. The van der Waals surface area contributed by atoms with Crippen LogP contribution in [0.5, 0.6) is 5.75 Å². The third kappa shape index (κ3) is 7.10. The van der Waals surface area contributed by atoms with Crippen LogP contribution in [-0.4, -0.2) is 42.0 Å². The van der Waals surface area contributed by atoms with Crippen molar-refractivity contribution in [1.82, 2.24) is 10.3 Å². The van der Waals surface area contributed by atoms with E-state index in [0.29, 0.717) is 23.5 Å². The number of pyridine rings is 1. The zero-order valence-corrected chi connectivity index (χ0v) is 24.1. The van der Waals surface area contributed by atoms with Gasteiger partial charge in [-0.3, -0.25) is 9.78 Å². The number of hydrogen-bond acceptors (Lipinski definition) is 6. The van der Waals surface area contributed by atoms with E-state index < -0.39 is 12.0 Å². The van der Waals surface area contributed by atoms with Crippen LogP contribution in [0.25, 0.3) is 22.3 Å². The lowest BCUT2D eigenvalue weighted by Gasteiger charge is -2.21. The molecule has 0 radical (unpaired) electrons. The van der Waals surface area contributed by atoms with Gasteiger partial charge >= 0.3 is 5.97 Å². The molecule has 1 heterocycles. The molecule has 4 aromatic rings. The molecule has 1 N–H and O–H groups in total. The summed E-state index contributed by atoms with van der Waals surface area (Å²) >= 11 is 1.61. The second kappa shape index (κ2) is 13.8. The summed E-state index contributed by atoms with van der Waals surface area (Å²) in [6.45, 7) is 4.35. The monoisotopic (exact) mass is 554 g/mol. The smallest absolute Gasteiger partial charge is 0.328 e. The average molecular weight is 555 g/mol. The Bertz CT molecular complexity index is 1460. The minimum absolute atomic E-state index is 0.286. The summed E-state index contributed by atoms with van der Waals surface area (Å²) in [5.74, 6) is 0.582. The van der Waals surface area contributed by atoms with Crippen LogP contribution in [0, 0.1) is 13.8 Å². The highest BCUT2D eigenvalue weighted by atomic mass is 32.2. The molecule has 1 aromatic heterocycles. The van der Waals surface area contributed by atoms with Crippen LogP contribution in [0.2, 0.25) is 0 Å². The number of thioether (sulfide) groups is 1. The van der Waals surface area contributed by atoms with Crippen LogP contribution in [0.1, 0.15) is 33.5 Å². The summed E-state index contributed by atoms with van der Waals surface area (Å²) in [6.07, 6.45) is 5.82. The van der Waals surface area contributed by atoms with E-state index >= 15 is 0 Å². The number of aromatic nitrogens is 1. The van der Waals surface area contributed by atoms with E-state index in [2.05, 4.69) is 10.3 Å². The molecule has 0 spiro atoms. The predicted octanol–water partition coefficient (Wildman–Crippen LogP) is 6.64. The van der Waals surface area contributed by atoms with Crippen molar-refractivity contribution < 1.29 is 19.1 Å². The molecule has 0 unspecified atom stereocenters. The van der Waals surface area contributed by atoms with Gasteiger partial charge in [-0.15, -0.1) is 0 Å². The number of aryl methyl sites for hydroxylation is 2. The summed E-state index contributed by atoms with van der Waals surface area (Å²) in [5.41, 5.74) is 7.13. The van der Waals surface area contributed by atoms with Crippen molar-refractivity contribution in [3.63, 3.8) is 0 Å². The highest BCUT2D eigenvalue weighted by Gasteiger charge is 2.25. The number of benzene rings is 3. The van der Waals surface area contributed by atoms with Crippen molar-refractivity contribution in [2.75, 3.05) is 19.1 Å². The number of rotatable bonds is 11. The lowest BCUT2D eigenvalue weighted by molar-refractivity contribution is -0.142. The van der Waals surface area contributed by atoms with Crippen molar-refractivity contribution in [2.24, 2.45) is 0 Å². The number of methoxy groups -OCH3 is 1. The minimum atomic E-state index is -0.744. The lowest BCUT2D eigenvalue weighted by atomic mass is 9.88. The summed E-state index contributed by atoms with van der Waals surface area (Å²) in [7, 11) is 1.34. The van der Waals surface area contributed by atoms with Gasteiger partial charge in [-0.1, -0.05) is 54.1 Å². The minimum Gasteiger partial charge on any atom is -0.487 e. The first-order chi connectivity index (χ1) is 19.4. The van der Waals surface area contributed by atoms with E-state index in [9.17, 15) is 9.59 Å². The van der Waals surface area contributed by atoms with E-state index in [1.807, 2.05) is 92.9 Å². The number of nitrogens with zero attached hydrogens (tertiary/aromatic N) is 1. The maximum atomic E-state index is 13.9. The summed E-state index contributed by atoms with van der Waals surface area (Å²) in [5, 5.41) is 2.95. The predicted molar refractivity (Wildman–Crippen MR) is 162 cm³/mol. The molecule has 1 atom stereocenters. The number of ether oxygens (including phenoxy) is 2. The Morgan fingerprint density at radius 1 is 0.950 bits per heavy atom. The third-order valence-corrected chi connectivity index (χ3v) is 7.36. The van der Waals surface area contributed by atoms with E-state index in [1.165, 1.54) is 7.11 Å². The zero-order chi connectivity index (χ0) is 28.5. The molecule has 0 saturated heterocycles. The normalized spacial score (nSPS) is 11.5. The Hall–Kier alpha value is -4.10. The zero-order valence-electron chi connectivity index (χ0n) is 23.3. The summed E-state index contributed by atoms with van der Waals surface area (Å²) in [6, 6.07) is 23.0. The van der Waals surface area contributed by atoms with Gasteiger partial charge in [0.1, 0.15) is 18.4 Å². The first kappa shape index (κ1) is 28.9. The molecule has 40 heavy (non-hydrogen) atoms. The standard InChI is InChI=1S/C33H34N2O4S/c1-22-11-13-24(14-12-22)28-19-30(32(36)35-31(15-17-40-4)33(37)38-3)29(27-10-6-5-8-23(27)2)18-25(28)21-39-26-9-7-16-34-20-26/h5-14,16,18-20,31H,15,17,21H2,1-4H3,(H,35,36)/t31-/m0/s1. The average Bonchev–Trinajstić information content (AvgIpc) is 2.98. The highest BCUT2D eigenvalue weighted by Crippen LogP contribution is 2.35. The van der Waals surface area contributed by atoms with Gasteiger partial charge in [0.2, 0.25) is 0 Å². The fourth-order valence-corrected chi connectivity index (χ4v) is 4.98. The lowest BCUT2D eigenvalue weighted by Crippen LogP contribution is -2.42. The quantitative estimate of drug-likeness (QED) is 0.210. The van der Waals surface area contributed by atoms with Gasteiger partial charge in [-0.2, -0.15) is 11.8 Å². The second-order valence-corrected chi connectivity index (χ2v) is 10.5. The Balaban J connectivity index is 1.85. The van der Waals surface area contributed by atoms with Gasteiger partial charge in [0, 0.05) is 11.8 Å². The van der Waals surface area contributed by atoms with E-state index in [4.69, 9.17) is 9.47 Å². The maximum Gasteiger partial charge on any atom is 0.328 e. The molecule has 0 aliphatic heterocycles. The van der Waals surface area contributed by atoms with Crippen molar-refractivity contribution in [2.45, 2.75) is 32.9 Å². The maximum absolute atomic E-state index is 13.9. The molecule has 4 rings (SSSR count). The molecule has 0 saturated carbocycles. The fourth-order valence-electron chi connectivity index (χ4n) is 4.51. The largest absolute Gasteiger partial charge is 0.487 e. The molecule has 0 bridgehead atoms. The van der Waals surface area contributed by atoms with Crippen LogP contribution in [-0.2, 0) is 16.1 Å². The molecule has 3 aromatic carbocycles. The van der Waals surface area contributed by atoms with Crippen LogP contribution >= 0.6 is 11.8 Å². The summed E-state index contributed by atoms with van der Waals surface area (Å²) < 4.78 is 11.1. The molecular formula is C33H34N2O4S. The van der Waals surface area contributed by atoms with E-state index in [0.717, 1.165) is 38.9 Å². The second-order valence-electron chi connectivity index (χ2n) is 9.54. The van der Waals surface area contributed by atoms with Crippen LogP contribution in [0.4, 0.5) is 0 Å². The number of carbonyl (C=O) groups is 2. The molecule has 1 amide bonds. The molecule has 206 valence electrons. The van der Waals surface area contributed by atoms with Crippen LogP contribution < -0.4 is 10.1 Å². The van der Waals surface area contributed by atoms with Crippen molar-refractivity contribution in [3.05, 3.63) is 107 Å². The van der Waals surface area contributed by atoms with E-state index in [-0.39, 0.29) is 12.5 Å². The van der Waals surface area contributed by atoms with E-state index in [1.54, 1.807) is 24.2 Å². The van der Waals surface area contributed by atoms with Crippen LogP contribution in [0.3, 0.4) is 0 Å². The molecule has 0 aliphatic carbocycles. The van der Waals surface area contributed by atoms with Gasteiger partial charge in [-0.05, 0) is 89.9 Å². The highest BCUT2D eigenvalue weighted by molar-refractivity contribution is 7.98. The Morgan fingerprint density at radius 2 is 1.73 bits per heavy atom. The number of carbonyl (C=O) groups excluding carboxylic acids is 2. The number of hydrogen-bond donors (Lipinski definition) is 1. The molecule has 0 fully saturated rings. The number of amides is 1. The van der Waals surface area contributed by atoms with Crippen molar-refractivity contribution in [1.29, 1.82) is 0 Å². The number of esters is 1. The summed E-state index contributed by atoms with van der Waals surface area (Å²) in [4.78, 5) is 30.6. The molecular weight excluding hydrogens is 520 g/mol. The van der Waals surface area contributed by atoms with Gasteiger partial charge in [0.15, 0.2) is 0 Å². The SMILES string of the molecule is COC(=O)[C@H](CCSC)NC(=O)c1cc(-c2ccc(C)cc2)c(COc2cccnc2)cc1-c1ccccc1C. The van der Waals surface area contributed by atoms with Gasteiger partial charge in [0.05, 0.1) is 13.3 Å². The number of nitrogens with one attached hydrogen (secondary N) is 1. The third-order valence-electron chi connectivity index (χ3n) is 6.72. The molecule has 7 heteroatoms. The Labute approximate surface area is 240 Å². The fraction of sp³-hybridized carbons (Fsp3) is 0.242. The van der Waals surface area contributed by atoms with Gasteiger partial charge < -0.3 is 14.8 Å².